The Morgan fingerprint density at radius 3 is 2.94 bits per heavy atom. The average molecular weight is 235 g/mol. The standard InChI is InChI=1S/C12H14FN3O/c1-8-7-9(13)3-4-10(8)12-15-11(16-17-12)5-6-14-2/h3-4,7,14H,5-6H2,1-2H3. The summed E-state index contributed by atoms with van der Waals surface area (Å²) in [6, 6.07) is 4.49. The molecule has 2 rings (SSSR count). The Labute approximate surface area is 98.8 Å². The first-order chi connectivity index (χ1) is 8.20. The van der Waals surface area contributed by atoms with Crippen molar-refractivity contribution in [3.8, 4) is 11.5 Å². The van der Waals surface area contributed by atoms with Gasteiger partial charge in [0.2, 0.25) is 0 Å². The first-order valence-electron chi connectivity index (χ1n) is 5.44. The minimum absolute atomic E-state index is 0.263. The predicted octanol–water partition coefficient (Wildman–Crippen LogP) is 1.95. The van der Waals surface area contributed by atoms with E-state index >= 15 is 0 Å². The molecule has 0 aliphatic heterocycles. The van der Waals surface area contributed by atoms with Crippen LogP contribution >= 0.6 is 0 Å². The second-order valence-corrected chi connectivity index (χ2v) is 3.83. The van der Waals surface area contributed by atoms with Crippen molar-refractivity contribution in [2.24, 2.45) is 0 Å². The summed E-state index contributed by atoms with van der Waals surface area (Å²) in [6.45, 7) is 2.61. The van der Waals surface area contributed by atoms with Gasteiger partial charge in [-0.15, -0.1) is 0 Å². The highest BCUT2D eigenvalue weighted by atomic mass is 19.1. The van der Waals surface area contributed by atoms with E-state index in [4.69, 9.17) is 4.52 Å². The predicted molar refractivity (Wildman–Crippen MR) is 62.1 cm³/mol. The highest BCUT2D eigenvalue weighted by molar-refractivity contribution is 5.57. The third kappa shape index (κ3) is 2.68. The van der Waals surface area contributed by atoms with Crippen LogP contribution in [0.1, 0.15) is 11.4 Å². The fourth-order valence-corrected chi connectivity index (χ4v) is 1.57. The average Bonchev–Trinajstić information content (AvgIpc) is 2.75. The van der Waals surface area contributed by atoms with Gasteiger partial charge in [-0.2, -0.15) is 4.98 Å². The molecule has 1 heterocycles. The third-order valence-corrected chi connectivity index (χ3v) is 2.49. The zero-order valence-electron chi connectivity index (χ0n) is 9.83. The molecule has 0 atom stereocenters. The van der Waals surface area contributed by atoms with Crippen LogP contribution in [0, 0.1) is 12.7 Å². The van der Waals surface area contributed by atoms with Gasteiger partial charge in [0.25, 0.3) is 5.89 Å². The summed E-state index contributed by atoms with van der Waals surface area (Å²) in [7, 11) is 1.87. The summed E-state index contributed by atoms with van der Waals surface area (Å²) >= 11 is 0. The van der Waals surface area contributed by atoms with Gasteiger partial charge in [-0.05, 0) is 37.7 Å². The summed E-state index contributed by atoms with van der Waals surface area (Å²) < 4.78 is 18.1. The fourth-order valence-electron chi connectivity index (χ4n) is 1.57. The molecule has 0 aliphatic carbocycles. The van der Waals surface area contributed by atoms with Crippen molar-refractivity contribution in [1.82, 2.24) is 15.5 Å². The summed E-state index contributed by atoms with van der Waals surface area (Å²) in [5.74, 6) is 0.827. The molecular formula is C12H14FN3O. The maximum atomic E-state index is 13.0. The third-order valence-electron chi connectivity index (χ3n) is 2.49. The Kier molecular flexibility index (Phi) is 3.49. The van der Waals surface area contributed by atoms with E-state index in [0.29, 0.717) is 18.1 Å². The van der Waals surface area contributed by atoms with Crippen molar-refractivity contribution in [3.63, 3.8) is 0 Å². The Hall–Kier alpha value is -1.75. The van der Waals surface area contributed by atoms with Crippen LogP contribution in [0.15, 0.2) is 22.7 Å². The lowest BCUT2D eigenvalue weighted by Gasteiger charge is -1.99. The number of hydrogen-bond acceptors (Lipinski definition) is 4. The van der Waals surface area contributed by atoms with Crippen LogP contribution in [0.5, 0.6) is 0 Å². The zero-order valence-corrected chi connectivity index (χ0v) is 9.83. The largest absolute Gasteiger partial charge is 0.334 e. The van der Waals surface area contributed by atoms with Gasteiger partial charge in [0.05, 0.1) is 0 Å². The summed E-state index contributed by atoms with van der Waals surface area (Å²) in [4.78, 5) is 4.27. The number of hydrogen-bond donors (Lipinski definition) is 1. The molecule has 0 saturated carbocycles. The van der Waals surface area contributed by atoms with E-state index < -0.39 is 0 Å². The number of likely N-dealkylation sites (N-methyl/N-ethyl adjacent to an activating group) is 1. The lowest BCUT2D eigenvalue weighted by Crippen LogP contribution is -2.11. The molecule has 0 bridgehead atoms. The van der Waals surface area contributed by atoms with Crippen molar-refractivity contribution in [2.45, 2.75) is 13.3 Å². The molecule has 17 heavy (non-hydrogen) atoms. The van der Waals surface area contributed by atoms with Gasteiger partial charge in [0.15, 0.2) is 5.82 Å². The molecular weight excluding hydrogens is 221 g/mol. The van der Waals surface area contributed by atoms with Crippen molar-refractivity contribution in [2.75, 3.05) is 13.6 Å². The van der Waals surface area contributed by atoms with E-state index in [2.05, 4.69) is 15.5 Å². The molecule has 0 amide bonds. The van der Waals surface area contributed by atoms with E-state index in [1.807, 2.05) is 14.0 Å². The molecule has 4 nitrogen and oxygen atoms in total. The molecule has 90 valence electrons. The van der Waals surface area contributed by atoms with Crippen LogP contribution in [0.3, 0.4) is 0 Å². The molecule has 1 aromatic carbocycles. The van der Waals surface area contributed by atoms with E-state index in [0.717, 1.165) is 17.7 Å². The number of nitrogens with zero attached hydrogens (tertiary/aromatic N) is 2. The van der Waals surface area contributed by atoms with Crippen LogP contribution in [-0.4, -0.2) is 23.7 Å². The maximum Gasteiger partial charge on any atom is 0.258 e. The van der Waals surface area contributed by atoms with E-state index in [-0.39, 0.29) is 5.82 Å². The monoisotopic (exact) mass is 235 g/mol. The van der Waals surface area contributed by atoms with Gasteiger partial charge >= 0.3 is 0 Å². The smallest absolute Gasteiger partial charge is 0.258 e. The van der Waals surface area contributed by atoms with Crippen LogP contribution < -0.4 is 5.32 Å². The molecule has 0 fully saturated rings. The van der Waals surface area contributed by atoms with Gasteiger partial charge in [-0.3, -0.25) is 0 Å². The Morgan fingerprint density at radius 2 is 2.24 bits per heavy atom. The topological polar surface area (TPSA) is 51.0 Å². The van der Waals surface area contributed by atoms with Crippen LogP contribution in [0.2, 0.25) is 0 Å². The zero-order chi connectivity index (χ0) is 12.3. The van der Waals surface area contributed by atoms with Gasteiger partial charge < -0.3 is 9.84 Å². The van der Waals surface area contributed by atoms with Crippen molar-refractivity contribution < 1.29 is 8.91 Å². The van der Waals surface area contributed by atoms with Crippen molar-refractivity contribution >= 4 is 0 Å². The van der Waals surface area contributed by atoms with Gasteiger partial charge in [0, 0.05) is 18.5 Å². The minimum Gasteiger partial charge on any atom is -0.334 e. The normalized spacial score (nSPS) is 10.8. The van der Waals surface area contributed by atoms with Crippen LogP contribution in [-0.2, 0) is 6.42 Å². The van der Waals surface area contributed by atoms with Crippen molar-refractivity contribution in [1.29, 1.82) is 0 Å². The second kappa shape index (κ2) is 5.05. The molecule has 0 aliphatic rings. The number of aryl methyl sites for hydroxylation is 1. The minimum atomic E-state index is -0.263. The van der Waals surface area contributed by atoms with E-state index in [9.17, 15) is 4.39 Å². The Bertz CT molecular complexity index is 510. The number of aromatic nitrogens is 2. The fraction of sp³-hybridized carbons (Fsp3) is 0.333. The molecule has 2 aromatic rings. The summed E-state index contributed by atoms with van der Waals surface area (Å²) in [6.07, 6.45) is 0.709. The first-order valence-corrected chi connectivity index (χ1v) is 5.44. The SMILES string of the molecule is CNCCc1noc(-c2ccc(F)cc2C)n1. The highest BCUT2D eigenvalue weighted by Crippen LogP contribution is 2.22. The van der Waals surface area contributed by atoms with Crippen molar-refractivity contribution in [3.05, 3.63) is 35.4 Å². The molecule has 0 radical (unpaired) electrons. The molecule has 1 aromatic heterocycles. The molecule has 0 unspecified atom stereocenters. The first kappa shape index (κ1) is 11.7. The molecule has 5 heteroatoms. The quantitative estimate of drug-likeness (QED) is 0.880. The lowest BCUT2D eigenvalue weighted by molar-refractivity contribution is 0.421. The second-order valence-electron chi connectivity index (χ2n) is 3.83. The number of nitrogens with one attached hydrogen (secondary N) is 1. The number of benzene rings is 1. The summed E-state index contributed by atoms with van der Waals surface area (Å²) in [5, 5.41) is 6.89. The van der Waals surface area contributed by atoms with E-state index in [1.54, 1.807) is 6.07 Å². The summed E-state index contributed by atoms with van der Waals surface area (Å²) in [5.41, 5.74) is 1.56. The maximum absolute atomic E-state index is 13.0. The number of rotatable bonds is 4. The highest BCUT2D eigenvalue weighted by Gasteiger charge is 2.11. The van der Waals surface area contributed by atoms with Gasteiger partial charge in [0.1, 0.15) is 5.82 Å². The molecule has 0 spiro atoms. The van der Waals surface area contributed by atoms with Crippen LogP contribution in [0.4, 0.5) is 4.39 Å². The Morgan fingerprint density at radius 1 is 1.41 bits per heavy atom. The lowest BCUT2D eigenvalue weighted by atomic mass is 10.1. The van der Waals surface area contributed by atoms with Crippen LogP contribution in [0.25, 0.3) is 11.5 Å². The molecule has 1 N–H and O–H groups in total. The van der Waals surface area contributed by atoms with Gasteiger partial charge in [-0.1, -0.05) is 5.16 Å². The Balaban J connectivity index is 2.24. The molecule has 0 saturated heterocycles. The van der Waals surface area contributed by atoms with E-state index in [1.165, 1.54) is 12.1 Å². The van der Waals surface area contributed by atoms with Gasteiger partial charge in [-0.25, -0.2) is 4.39 Å². The number of halogens is 1.